The van der Waals surface area contributed by atoms with Gasteiger partial charge in [-0.15, -0.1) is 0 Å². The predicted octanol–water partition coefficient (Wildman–Crippen LogP) is 3.08. The van der Waals surface area contributed by atoms with E-state index < -0.39 is 0 Å². The summed E-state index contributed by atoms with van der Waals surface area (Å²) < 4.78 is 0. The molecule has 0 amide bonds. The van der Waals surface area contributed by atoms with Crippen molar-refractivity contribution in [1.82, 2.24) is 4.90 Å². The summed E-state index contributed by atoms with van der Waals surface area (Å²) in [6, 6.07) is 0. The summed E-state index contributed by atoms with van der Waals surface area (Å²) in [5.74, 6) is 1.30. The van der Waals surface area contributed by atoms with Crippen LogP contribution < -0.4 is 0 Å². The fraction of sp³-hybridized carbons (Fsp3) is 0.917. The predicted molar refractivity (Wildman–Crippen MR) is 62.9 cm³/mol. The van der Waals surface area contributed by atoms with Gasteiger partial charge >= 0.3 is 0 Å². The second-order valence-electron chi connectivity index (χ2n) is 6.12. The number of likely N-dealkylation sites (tertiary alicyclic amines) is 1. The number of nitrogens with zero attached hydrogens (tertiary/aromatic N) is 2. The maximum atomic E-state index is 4.80. The number of hydrogen-bond donors (Lipinski definition) is 0. The van der Waals surface area contributed by atoms with Crippen LogP contribution in [0, 0.1) is 0 Å². The van der Waals surface area contributed by atoms with Gasteiger partial charge in [0.15, 0.2) is 0 Å². The molecule has 0 unspecified atom stereocenters. The highest BCUT2D eigenvalue weighted by atomic mass is 15.3. The Hall–Kier alpha value is -0.530. The van der Waals surface area contributed by atoms with Gasteiger partial charge in [-0.3, -0.25) is 4.99 Å². The van der Waals surface area contributed by atoms with Crippen molar-refractivity contribution >= 4 is 5.84 Å². The summed E-state index contributed by atoms with van der Waals surface area (Å²) in [6.45, 7) is 14.4. The molecule has 0 saturated carbocycles. The van der Waals surface area contributed by atoms with Gasteiger partial charge in [0.25, 0.3) is 0 Å². The molecule has 0 bridgehead atoms. The molecule has 0 aliphatic carbocycles. The molecule has 0 radical (unpaired) electrons. The molecule has 1 saturated heterocycles. The van der Waals surface area contributed by atoms with Gasteiger partial charge in [0, 0.05) is 18.5 Å². The first-order valence-corrected chi connectivity index (χ1v) is 5.56. The van der Waals surface area contributed by atoms with Crippen molar-refractivity contribution in [3.05, 3.63) is 0 Å². The summed E-state index contributed by atoms with van der Waals surface area (Å²) >= 11 is 0. The van der Waals surface area contributed by atoms with Gasteiger partial charge in [0.1, 0.15) is 0 Å². The fourth-order valence-electron chi connectivity index (χ4n) is 1.89. The molecule has 2 nitrogen and oxygen atoms in total. The van der Waals surface area contributed by atoms with Gasteiger partial charge in [-0.1, -0.05) is 0 Å². The second kappa shape index (κ2) is 3.56. The lowest BCUT2D eigenvalue weighted by molar-refractivity contribution is 0.253. The van der Waals surface area contributed by atoms with Crippen molar-refractivity contribution in [2.45, 2.75) is 65.5 Å². The number of rotatable bonds is 0. The summed E-state index contributed by atoms with van der Waals surface area (Å²) in [6.07, 6.45) is 2.40. The van der Waals surface area contributed by atoms with Gasteiger partial charge in [-0.25, -0.2) is 0 Å². The lowest BCUT2D eigenvalue weighted by Crippen LogP contribution is -2.42. The van der Waals surface area contributed by atoms with E-state index in [2.05, 4.69) is 46.4 Å². The van der Waals surface area contributed by atoms with Gasteiger partial charge in [-0.05, 0) is 48.0 Å². The van der Waals surface area contributed by atoms with E-state index in [1.165, 1.54) is 18.8 Å². The molecule has 0 aromatic carbocycles. The average Bonchev–Trinajstić information content (AvgIpc) is 2.29. The molecule has 0 aromatic heterocycles. The summed E-state index contributed by atoms with van der Waals surface area (Å²) in [4.78, 5) is 7.24. The van der Waals surface area contributed by atoms with Crippen molar-refractivity contribution < 1.29 is 0 Å². The van der Waals surface area contributed by atoms with E-state index in [4.69, 9.17) is 4.99 Å². The topological polar surface area (TPSA) is 15.6 Å². The minimum absolute atomic E-state index is 0.0587. The van der Waals surface area contributed by atoms with E-state index in [9.17, 15) is 0 Å². The highest BCUT2D eigenvalue weighted by molar-refractivity contribution is 5.85. The third-order valence-electron chi connectivity index (χ3n) is 2.37. The molecule has 1 aliphatic heterocycles. The molecule has 2 heteroatoms. The third-order valence-corrected chi connectivity index (χ3v) is 2.37. The van der Waals surface area contributed by atoms with Crippen LogP contribution in [0.5, 0.6) is 0 Å². The summed E-state index contributed by atoms with van der Waals surface area (Å²) in [5.41, 5.74) is 0.282. The van der Waals surface area contributed by atoms with Gasteiger partial charge < -0.3 is 4.90 Å². The van der Waals surface area contributed by atoms with Crippen LogP contribution in [0.1, 0.15) is 54.4 Å². The van der Waals surface area contributed by atoms with Crippen LogP contribution >= 0.6 is 0 Å². The Labute approximate surface area is 88.4 Å². The zero-order chi connectivity index (χ0) is 11.0. The quantitative estimate of drug-likeness (QED) is 0.581. The lowest BCUT2D eigenvalue weighted by Gasteiger charge is -2.35. The Morgan fingerprint density at radius 3 is 2.07 bits per heavy atom. The van der Waals surface area contributed by atoms with Crippen LogP contribution in [0.15, 0.2) is 4.99 Å². The highest BCUT2D eigenvalue weighted by Crippen LogP contribution is 2.24. The van der Waals surface area contributed by atoms with E-state index in [0.717, 1.165) is 6.42 Å². The molecule has 0 spiro atoms. The van der Waals surface area contributed by atoms with Crippen LogP contribution in [-0.4, -0.2) is 28.4 Å². The first-order chi connectivity index (χ1) is 6.20. The number of aliphatic imine (C=N–C) groups is 1. The maximum absolute atomic E-state index is 4.80. The van der Waals surface area contributed by atoms with E-state index >= 15 is 0 Å². The Morgan fingerprint density at radius 2 is 1.64 bits per heavy atom. The molecule has 0 N–H and O–H groups in total. The smallest absolute Gasteiger partial charge is 0.1000 e. The van der Waals surface area contributed by atoms with E-state index in [0.29, 0.717) is 0 Å². The van der Waals surface area contributed by atoms with Crippen molar-refractivity contribution in [3.63, 3.8) is 0 Å². The van der Waals surface area contributed by atoms with Crippen LogP contribution in [0.3, 0.4) is 0 Å². The lowest BCUT2D eigenvalue weighted by atomic mass is 10.1. The highest BCUT2D eigenvalue weighted by Gasteiger charge is 2.29. The molecular weight excluding hydrogens is 172 g/mol. The molecule has 14 heavy (non-hydrogen) atoms. The molecule has 0 atom stereocenters. The molecule has 1 heterocycles. The van der Waals surface area contributed by atoms with Crippen LogP contribution in [-0.2, 0) is 0 Å². The largest absolute Gasteiger partial charge is 0.355 e. The van der Waals surface area contributed by atoms with Crippen molar-refractivity contribution in [2.24, 2.45) is 4.99 Å². The van der Waals surface area contributed by atoms with Crippen LogP contribution in [0.2, 0.25) is 0 Å². The molecule has 1 aliphatic rings. The standard InChI is InChI=1S/C12H24N2/c1-11(2,3)13-10-8-7-9-14(10)12(4,5)6/h7-9H2,1-6H3. The summed E-state index contributed by atoms with van der Waals surface area (Å²) in [7, 11) is 0. The van der Waals surface area contributed by atoms with E-state index in [1.54, 1.807) is 0 Å². The minimum atomic E-state index is 0.0587. The van der Waals surface area contributed by atoms with E-state index in [1.807, 2.05) is 0 Å². The third kappa shape index (κ3) is 3.00. The average molecular weight is 196 g/mol. The Morgan fingerprint density at radius 1 is 1.07 bits per heavy atom. The normalized spacial score (nSPS) is 22.1. The van der Waals surface area contributed by atoms with Gasteiger partial charge in [0.05, 0.1) is 11.4 Å². The van der Waals surface area contributed by atoms with Crippen LogP contribution in [0.25, 0.3) is 0 Å². The Bertz CT molecular complexity index is 228. The number of amidine groups is 1. The molecule has 0 aromatic rings. The molecule has 82 valence electrons. The maximum Gasteiger partial charge on any atom is 0.1000 e. The summed E-state index contributed by atoms with van der Waals surface area (Å²) in [5, 5.41) is 0. The molecule has 1 rings (SSSR count). The first-order valence-electron chi connectivity index (χ1n) is 5.56. The van der Waals surface area contributed by atoms with Crippen molar-refractivity contribution in [1.29, 1.82) is 0 Å². The van der Waals surface area contributed by atoms with Gasteiger partial charge in [-0.2, -0.15) is 0 Å². The Kier molecular flexibility index (Phi) is 2.93. The Balaban J connectivity index is 2.85. The second-order valence-corrected chi connectivity index (χ2v) is 6.12. The fourth-order valence-corrected chi connectivity index (χ4v) is 1.89. The molecule has 1 fully saturated rings. The van der Waals surface area contributed by atoms with E-state index in [-0.39, 0.29) is 11.1 Å². The SMILES string of the molecule is CC(C)(C)N=C1CCCN1C(C)(C)C. The zero-order valence-corrected chi connectivity index (χ0v) is 10.5. The van der Waals surface area contributed by atoms with Crippen LogP contribution in [0.4, 0.5) is 0 Å². The first kappa shape index (κ1) is 11.5. The zero-order valence-electron chi connectivity index (χ0n) is 10.5. The minimum Gasteiger partial charge on any atom is -0.355 e. The van der Waals surface area contributed by atoms with Crippen molar-refractivity contribution in [2.75, 3.05) is 6.54 Å². The van der Waals surface area contributed by atoms with Crippen molar-refractivity contribution in [3.8, 4) is 0 Å². The van der Waals surface area contributed by atoms with Gasteiger partial charge in [0.2, 0.25) is 0 Å². The monoisotopic (exact) mass is 196 g/mol. The molecular formula is C12H24N2. The number of hydrogen-bond acceptors (Lipinski definition) is 1.